The highest BCUT2D eigenvalue weighted by Gasteiger charge is 2.39. The van der Waals surface area contributed by atoms with Crippen LogP contribution in [0.25, 0.3) is 11.3 Å². The minimum atomic E-state index is -1.03. The number of aliphatic hydroxyl groups is 1. The van der Waals surface area contributed by atoms with Gasteiger partial charge in [-0.05, 0) is 35.4 Å². The predicted octanol–water partition coefficient (Wildman–Crippen LogP) is 3.39. The number of carbonyl (C=O) groups is 1. The third-order valence-electron chi connectivity index (χ3n) is 6.51. The monoisotopic (exact) mass is 457 g/mol. The first-order valence-electron chi connectivity index (χ1n) is 10.6. The van der Waals surface area contributed by atoms with Gasteiger partial charge in [-0.25, -0.2) is 13.2 Å². The van der Waals surface area contributed by atoms with Crippen LogP contribution in [0.4, 0.5) is 13.2 Å². The maximum absolute atomic E-state index is 14.9. The SMILES string of the molecule is COc1ccc(F)c(-c2nn([C@@H]3c4cc(F)cc(F)c4C[C@@H]3O)c3c2CN(C(C)=O)CC3)c1. The van der Waals surface area contributed by atoms with Gasteiger partial charge >= 0.3 is 0 Å². The second-order valence-corrected chi connectivity index (χ2v) is 8.43. The molecule has 5 rings (SSSR count). The Morgan fingerprint density at radius 3 is 2.67 bits per heavy atom. The van der Waals surface area contributed by atoms with Gasteiger partial charge in [-0.15, -0.1) is 0 Å². The molecule has 1 amide bonds. The van der Waals surface area contributed by atoms with E-state index in [4.69, 9.17) is 4.74 Å². The largest absolute Gasteiger partial charge is 0.497 e. The topological polar surface area (TPSA) is 67.6 Å². The van der Waals surface area contributed by atoms with Crippen LogP contribution in [-0.2, 0) is 24.2 Å². The van der Waals surface area contributed by atoms with Gasteiger partial charge in [-0.3, -0.25) is 9.48 Å². The number of amides is 1. The van der Waals surface area contributed by atoms with E-state index >= 15 is 0 Å². The number of methoxy groups -OCH3 is 1. The smallest absolute Gasteiger partial charge is 0.219 e. The fourth-order valence-corrected chi connectivity index (χ4v) is 4.90. The van der Waals surface area contributed by atoms with E-state index in [1.54, 1.807) is 9.58 Å². The number of carbonyl (C=O) groups excluding carboxylic acids is 1. The molecule has 1 aliphatic heterocycles. The molecule has 1 aliphatic carbocycles. The van der Waals surface area contributed by atoms with E-state index in [2.05, 4.69) is 5.10 Å². The Kier molecular flexibility index (Phi) is 5.16. The Morgan fingerprint density at radius 1 is 1.15 bits per heavy atom. The van der Waals surface area contributed by atoms with Crippen molar-refractivity contribution in [3.05, 3.63) is 70.2 Å². The number of aliphatic hydroxyl groups excluding tert-OH is 1. The van der Waals surface area contributed by atoms with E-state index in [0.717, 1.165) is 6.07 Å². The van der Waals surface area contributed by atoms with Gasteiger partial charge in [-0.1, -0.05) is 0 Å². The number of benzene rings is 2. The third-order valence-corrected chi connectivity index (χ3v) is 6.51. The maximum atomic E-state index is 14.9. The molecule has 33 heavy (non-hydrogen) atoms. The quantitative estimate of drug-likeness (QED) is 0.655. The number of nitrogens with zero attached hydrogens (tertiary/aromatic N) is 3. The number of rotatable bonds is 3. The van der Waals surface area contributed by atoms with Crippen molar-refractivity contribution in [2.75, 3.05) is 13.7 Å². The van der Waals surface area contributed by atoms with Crippen LogP contribution < -0.4 is 4.74 Å². The lowest BCUT2D eigenvalue weighted by atomic mass is 9.99. The minimum Gasteiger partial charge on any atom is -0.497 e. The molecular weight excluding hydrogens is 435 g/mol. The zero-order chi connectivity index (χ0) is 23.4. The molecule has 0 saturated heterocycles. The average Bonchev–Trinajstić information content (AvgIpc) is 3.30. The van der Waals surface area contributed by atoms with Crippen LogP contribution in [-0.4, -0.2) is 45.5 Å². The lowest BCUT2D eigenvalue weighted by Gasteiger charge is -2.28. The van der Waals surface area contributed by atoms with Crippen molar-refractivity contribution >= 4 is 5.91 Å². The Hall–Kier alpha value is -3.33. The fraction of sp³-hybridized carbons (Fsp3) is 0.333. The number of aromatic nitrogens is 2. The standard InChI is InChI=1S/C24H22F3N3O3/c1-12(31)29-6-5-21-18(11-29)23(17-9-14(33-2)3-4-19(17)26)28-30(21)24-16-7-13(25)8-20(27)15(16)10-22(24)32/h3-4,7-9,22,24,32H,5-6,10-11H2,1-2H3/t22-,24+/m0/s1. The summed E-state index contributed by atoms with van der Waals surface area (Å²) < 4.78 is 50.2. The first-order chi connectivity index (χ1) is 15.8. The van der Waals surface area contributed by atoms with Crippen molar-refractivity contribution in [2.45, 2.75) is 38.5 Å². The second-order valence-electron chi connectivity index (χ2n) is 8.43. The molecule has 0 bridgehead atoms. The molecule has 6 nitrogen and oxygen atoms in total. The second kappa shape index (κ2) is 7.91. The van der Waals surface area contributed by atoms with Gasteiger partial charge in [0.25, 0.3) is 0 Å². The van der Waals surface area contributed by atoms with Crippen LogP contribution in [0.3, 0.4) is 0 Å². The molecular formula is C24H22F3N3O3. The Bertz CT molecular complexity index is 1270. The van der Waals surface area contributed by atoms with Gasteiger partial charge in [0.2, 0.25) is 5.91 Å². The summed E-state index contributed by atoms with van der Waals surface area (Å²) in [7, 11) is 1.47. The molecule has 2 aromatic carbocycles. The van der Waals surface area contributed by atoms with E-state index in [9.17, 15) is 23.1 Å². The van der Waals surface area contributed by atoms with Crippen LogP contribution in [0, 0.1) is 17.5 Å². The highest BCUT2D eigenvalue weighted by atomic mass is 19.1. The molecule has 0 fully saturated rings. The summed E-state index contributed by atoms with van der Waals surface area (Å²) in [5, 5.41) is 15.5. The maximum Gasteiger partial charge on any atom is 0.219 e. The summed E-state index contributed by atoms with van der Waals surface area (Å²) >= 11 is 0. The van der Waals surface area contributed by atoms with Crippen LogP contribution in [0.15, 0.2) is 30.3 Å². The van der Waals surface area contributed by atoms with E-state index < -0.39 is 29.6 Å². The molecule has 1 aromatic heterocycles. The number of fused-ring (bicyclic) bond motifs is 2. The van der Waals surface area contributed by atoms with Crippen LogP contribution in [0.5, 0.6) is 5.75 Å². The Balaban J connectivity index is 1.72. The van der Waals surface area contributed by atoms with Crippen molar-refractivity contribution in [2.24, 2.45) is 0 Å². The molecule has 0 radical (unpaired) electrons. The van der Waals surface area contributed by atoms with Crippen molar-refractivity contribution in [3.63, 3.8) is 0 Å². The van der Waals surface area contributed by atoms with Crippen molar-refractivity contribution in [3.8, 4) is 17.0 Å². The summed E-state index contributed by atoms with van der Waals surface area (Å²) in [6, 6.07) is 5.47. The molecule has 2 heterocycles. The average molecular weight is 457 g/mol. The van der Waals surface area contributed by atoms with Crippen molar-refractivity contribution < 1.29 is 27.8 Å². The van der Waals surface area contributed by atoms with Crippen LogP contribution in [0.2, 0.25) is 0 Å². The normalized spacial score (nSPS) is 19.4. The number of halogens is 3. The summed E-state index contributed by atoms with van der Waals surface area (Å²) in [5.74, 6) is -1.67. The summed E-state index contributed by atoms with van der Waals surface area (Å²) in [4.78, 5) is 13.7. The lowest BCUT2D eigenvalue weighted by Crippen LogP contribution is -2.35. The van der Waals surface area contributed by atoms with E-state index in [-0.39, 0.29) is 30.0 Å². The predicted molar refractivity (Wildman–Crippen MR) is 113 cm³/mol. The van der Waals surface area contributed by atoms with E-state index in [0.29, 0.717) is 41.2 Å². The molecule has 3 aromatic rings. The molecule has 0 saturated carbocycles. The number of hydrogen-bond acceptors (Lipinski definition) is 4. The van der Waals surface area contributed by atoms with E-state index in [1.807, 2.05) is 0 Å². The summed E-state index contributed by atoms with van der Waals surface area (Å²) in [6.07, 6.45) is -0.610. The number of ether oxygens (including phenoxy) is 1. The van der Waals surface area contributed by atoms with Gasteiger partial charge in [0.15, 0.2) is 0 Å². The van der Waals surface area contributed by atoms with Crippen molar-refractivity contribution in [1.29, 1.82) is 0 Å². The van der Waals surface area contributed by atoms with Gasteiger partial charge in [0.1, 0.15) is 34.9 Å². The molecule has 0 spiro atoms. The van der Waals surface area contributed by atoms with Gasteiger partial charge in [-0.2, -0.15) is 5.10 Å². The fourth-order valence-electron chi connectivity index (χ4n) is 4.90. The van der Waals surface area contributed by atoms with Gasteiger partial charge in [0.05, 0.1) is 13.2 Å². The lowest BCUT2D eigenvalue weighted by molar-refractivity contribution is -0.129. The molecule has 1 N–H and O–H groups in total. The van der Waals surface area contributed by atoms with Crippen LogP contribution >= 0.6 is 0 Å². The van der Waals surface area contributed by atoms with Gasteiger partial charge < -0.3 is 14.7 Å². The zero-order valence-electron chi connectivity index (χ0n) is 18.1. The minimum absolute atomic E-state index is 0.0170. The molecule has 9 heteroatoms. The number of hydrogen-bond donors (Lipinski definition) is 1. The Labute approximate surface area is 188 Å². The summed E-state index contributed by atoms with van der Waals surface area (Å²) in [6.45, 7) is 2.09. The highest BCUT2D eigenvalue weighted by Crippen LogP contribution is 2.41. The molecule has 172 valence electrons. The molecule has 0 unspecified atom stereocenters. The van der Waals surface area contributed by atoms with Crippen LogP contribution in [0.1, 0.15) is 35.3 Å². The Morgan fingerprint density at radius 2 is 1.94 bits per heavy atom. The first kappa shape index (κ1) is 21.5. The molecule has 2 atom stereocenters. The van der Waals surface area contributed by atoms with Gasteiger partial charge in [0, 0.05) is 55.7 Å². The van der Waals surface area contributed by atoms with E-state index in [1.165, 1.54) is 38.3 Å². The van der Waals surface area contributed by atoms with Crippen molar-refractivity contribution in [1.82, 2.24) is 14.7 Å². The molecule has 2 aliphatic rings. The zero-order valence-corrected chi connectivity index (χ0v) is 18.1. The first-order valence-corrected chi connectivity index (χ1v) is 10.6. The third kappa shape index (κ3) is 3.47. The highest BCUT2D eigenvalue weighted by molar-refractivity contribution is 5.75. The summed E-state index contributed by atoms with van der Waals surface area (Å²) in [5.41, 5.74) is 2.40.